The van der Waals surface area contributed by atoms with E-state index in [9.17, 15) is 4.79 Å². The molecule has 1 heterocycles. The first-order chi connectivity index (χ1) is 7.56. The van der Waals surface area contributed by atoms with E-state index >= 15 is 0 Å². The Balaban J connectivity index is 2.91. The Hall–Kier alpha value is -2.09. The molecule has 0 unspecified atom stereocenters. The molecular weight excluding hydrogens is 206 g/mol. The molecule has 0 aliphatic carbocycles. The number of carboxylic acid groups (broad SMARTS) is 1. The van der Waals surface area contributed by atoms with Crippen molar-refractivity contribution in [1.29, 1.82) is 5.26 Å². The predicted octanol–water partition coefficient (Wildman–Crippen LogP) is 1.17. The highest BCUT2D eigenvalue weighted by molar-refractivity contribution is 5.68. The molecule has 0 fully saturated rings. The Morgan fingerprint density at radius 2 is 2.38 bits per heavy atom. The van der Waals surface area contributed by atoms with Gasteiger partial charge in [0, 0.05) is 19.8 Å². The fourth-order valence-corrected chi connectivity index (χ4v) is 1.34. The van der Waals surface area contributed by atoms with Crippen LogP contribution in [-0.2, 0) is 4.79 Å². The first kappa shape index (κ1) is 12.0. The first-order valence-electron chi connectivity index (χ1n) is 4.85. The van der Waals surface area contributed by atoms with Crippen LogP contribution in [0.2, 0.25) is 0 Å². The summed E-state index contributed by atoms with van der Waals surface area (Å²) in [6, 6.07) is 3.84. The molecule has 84 valence electrons. The smallest absolute Gasteiger partial charge is 0.305 e. The second-order valence-corrected chi connectivity index (χ2v) is 3.50. The lowest BCUT2D eigenvalue weighted by Crippen LogP contribution is -2.23. The molecule has 0 spiro atoms. The lowest BCUT2D eigenvalue weighted by atomic mass is 10.1. The molecule has 0 saturated heterocycles. The van der Waals surface area contributed by atoms with E-state index in [4.69, 9.17) is 10.4 Å². The largest absolute Gasteiger partial charge is 0.481 e. The zero-order valence-electron chi connectivity index (χ0n) is 9.27. The summed E-state index contributed by atoms with van der Waals surface area (Å²) in [5, 5.41) is 17.6. The molecule has 1 aromatic heterocycles. The van der Waals surface area contributed by atoms with Gasteiger partial charge in [0.05, 0.1) is 12.0 Å². The summed E-state index contributed by atoms with van der Waals surface area (Å²) in [5.41, 5.74) is 1.34. The minimum atomic E-state index is -0.863. The van der Waals surface area contributed by atoms with Crippen molar-refractivity contribution in [3.05, 3.63) is 23.4 Å². The van der Waals surface area contributed by atoms with Crippen LogP contribution in [0.3, 0.4) is 0 Å². The van der Waals surface area contributed by atoms with Gasteiger partial charge in [0.1, 0.15) is 11.9 Å². The van der Waals surface area contributed by atoms with Gasteiger partial charge in [-0.15, -0.1) is 0 Å². The summed E-state index contributed by atoms with van der Waals surface area (Å²) in [5.74, 6) is -0.332. The molecule has 16 heavy (non-hydrogen) atoms. The molecule has 5 heteroatoms. The number of aromatic nitrogens is 1. The zero-order chi connectivity index (χ0) is 12.1. The summed E-state index contributed by atoms with van der Waals surface area (Å²) in [7, 11) is 1.73. The van der Waals surface area contributed by atoms with Crippen LogP contribution >= 0.6 is 0 Å². The summed E-state index contributed by atoms with van der Waals surface area (Å²) >= 11 is 0. The van der Waals surface area contributed by atoms with Gasteiger partial charge in [-0.25, -0.2) is 4.98 Å². The summed E-state index contributed by atoms with van der Waals surface area (Å²) < 4.78 is 0. The molecule has 0 aliphatic heterocycles. The predicted molar refractivity (Wildman–Crippen MR) is 59.2 cm³/mol. The van der Waals surface area contributed by atoms with Crippen LogP contribution in [0.1, 0.15) is 17.5 Å². The number of carbonyl (C=O) groups is 1. The quantitative estimate of drug-likeness (QED) is 0.822. The minimum absolute atomic E-state index is 0.0248. The molecule has 0 radical (unpaired) electrons. The van der Waals surface area contributed by atoms with E-state index in [1.165, 1.54) is 0 Å². The second-order valence-electron chi connectivity index (χ2n) is 3.50. The van der Waals surface area contributed by atoms with Crippen molar-refractivity contribution in [2.24, 2.45) is 0 Å². The molecule has 0 saturated carbocycles. The van der Waals surface area contributed by atoms with Crippen LogP contribution in [0, 0.1) is 18.3 Å². The normalized spacial score (nSPS) is 9.56. The van der Waals surface area contributed by atoms with Gasteiger partial charge in [0.15, 0.2) is 0 Å². The van der Waals surface area contributed by atoms with Gasteiger partial charge in [-0.2, -0.15) is 5.26 Å². The minimum Gasteiger partial charge on any atom is -0.481 e. The average Bonchev–Trinajstić information content (AvgIpc) is 2.25. The van der Waals surface area contributed by atoms with Gasteiger partial charge in [-0.3, -0.25) is 4.79 Å². The fourth-order valence-electron chi connectivity index (χ4n) is 1.34. The maximum atomic E-state index is 10.4. The van der Waals surface area contributed by atoms with Gasteiger partial charge < -0.3 is 10.0 Å². The van der Waals surface area contributed by atoms with Crippen molar-refractivity contribution in [3.63, 3.8) is 0 Å². The molecule has 0 atom stereocenters. The van der Waals surface area contributed by atoms with Crippen molar-refractivity contribution >= 4 is 11.8 Å². The molecular formula is C11H13N3O2. The van der Waals surface area contributed by atoms with Gasteiger partial charge >= 0.3 is 5.97 Å². The Labute approximate surface area is 93.9 Å². The number of nitrogens with zero attached hydrogens (tertiary/aromatic N) is 3. The van der Waals surface area contributed by atoms with Gasteiger partial charge in [0.25, 0.3) is 0 Å². The average molecular weight is 219 g/mol. The molecule has 0 aliphatic rings. The molecule has 0 amide bonds. The van der Waals surface area contributed by atoms with E-state index in [0.29, 0.717) is 17.9 Å². The maximum absolute atomic E-state index is 10.4. The molecule has 1 rings (SSSR count). The summed E-state index contributed by atoms with van der Waals surface area (Å²) in [6.45, 7) is 2.16. The van der Waals surface area contributed by atoms with Crippen molar-refractivity contribution in [1.82, 2.24) is 4.98 Å². The van der Waals surface area contributed by atoms with Crippen molar-refractivity contribution in [3.8, 4) is 6.07 Å². The Morgan fingerprint density at radius 1 is 1.69 bits per heavy atom. The standard InChI is InChI=1S/C11H13N3O2/c1-8-3-5-13-11(9(8)7-12)14(2)6-4-10(15)16/h3,5H,4,6H2,1-2H3,(H,15,16). The molecule has 1 aromatic rings. The highest BCUT2D eigenvalue weighted by Gasteiger charge is 2.11. The number of carboxylic acids is 1. The van der Waals surface area contributed by atoms with Crippen LogP contribution < -0.4 is 4.90 Å². The third kappa shape index (κ3) is 2.70. The third-order valence-corrected chi connectivity index (χ3v) is 2.27. The molecule has 0 bridgehead atoms. The fraction of sp³-hybridized carbons (Fsp3) is 0.364. The number of aryl methyl sites for hydroxylation is 1. The third-order valence-electron chi connectivity index (χ3n) is 2.27. The van der Waals surface area contributed by atoms with E-state index in [1.807, 2.05) is 6.92 Å². The van der Waals surface area contributed by atoms with Crippen LogP contribution in [-0.4, -0.2) is 29.7 Å². The Morgan fingerprint density at radius 3 is 2.94 bits per heavy atom. The number of hydrogen-bond donors (Lipinski definition) is 1. The highest BCUT2D eigenvalue weighted by Crippen LogP contribution is 2.18. The molecule has 1 N–H and O–H groups in total. The number of aliphatic carboxylic acids is 1. The van der Waals surface area contributed by atoms with Crippen LogP contribution in [0.4, 0.5) is 5.82 Å². The van der Waals surface area contributed by atoms with Crippen molar-refractivity contribution in [2.75, 3.05) is 18.5 Å². The zero-order valence-corrected chi connectivity index (χ0v) is 9.27. The van der Waals surface area contributed by atoms with E-state index in [1.54, 1.807) is 24.2 Å². The van der Waals surface area contributed by atoms with Crippen LogP contribution in [0.5, 0.6) is 0 Å². The number of rotatable bonds is 4. The molecule has 0 aromatic carbocycles. The first-order valence-corrected chi connectivity index (χ1v) is 4.85. The van der Waals surface area contributed by atoms with E-state index in [2.05, 4.69) is 11.1 Å². The van der Waals surface area contributed by atoms with E-state index in [0.717, 1.165) is 5.56 Å². The number of anilines is 1. The SMILES string of the molecule is Cc1ccnc(N(C)CCC(=O)O)c1C#N. The molecule has 5 nitrogen and oxygen atoms in total. The van der Waals surface area contributed by atoms with Crippen molar-refractivity contribution in [2.45, 2.75) is 13.3 Å². The van der Waals surface area contributed by atoms with Gasteiger partial charge in [-0.05, 0) is 18.6 Å². The van der Waals surface area contributed by atoms with Crippen LogP contribution in [0.15, 0.2) is 12.3 Å². The van der Waals surface area contributed by atoms with Crippen LogP contribution in [0.25, 0.3) is 0 Å². The second kappa shape index (κ2) is 5.12. The highest BCUT2D eigenvalue weighted by atomic mass is 16.4. The monoisotopic (exact) mass is 219 g/mol. The maximum Gasteiger partial charge on any atom is 0.305 e. The summed E-state index contributed by atoms with van der Waals surface area (Å²) in [4.78, 5) is 16.2. The number of nitriles is 1. The Kier molecular flexibility index (Phi) is 3.84. The van der Waals surface area contributed by atoms with Gasteiger partial charge in [-0.1, -0.05) is 0 Å². The topological polar surface area (TPSA) is 77.2 Å². The van der Waals surface area contributed by atoms with Gasteiger partial charge in [0.2, 0.25) is 0 Å². The summed E-state index contributed by atoms with van der Waals surface area (Å²) in [6.07, 6.45) is 1.64. The van der Waals surface area contributed by atoms with Crippen molar-refractivity contribution < 1.29 is 9.90 Å². The number of hydrogen-bond acceptors (Lipinski definition) is 4. The van der Waals surface area contributed by atoms with E-state index in [-0.39, 0.29) is 6.42 Å². The lowest BCUT2D eigenvalue weighted by Gasteiger charge is -2.18. The Bertz CT molecular complexity index is 437. The lowest BCUT2D eigenvalue weighted by molar-refractivity contribution is -0.136. The number of pyridine rings is 1. The van der Waals surface area contributed by atoms with E-state index < -0.39 is 5.97 Å².